The average molecular weight is 699 g/mol. The number of amides is 1. The van der Waals surface area contributed by atoms with Crippen LogP contribution >= 0.6 is 0 Å². The van der Waals surface area contributed by atoms with Gasteiger partial charge in [-0.1, -0.05) is 113 Å². The zero-order valence-corrected chi connectivity index (χ0v) is 30.7. The molecule has 52 heavy (non-hydrogen) atoms. The van der Waals surface area contributed by atoms with Crippen LogP contribution in [-0.2, 0) is 14.4 Å². The standard InChI is InChI=1S/C45H51N3O4/c1-3-4-5-6-7-8-9-10-11-18-31-46-41(50)33-48(38-21-16-13-17-22-38)40-29-25-36(26-30-40)43-44(51)42(45(43)52)35-23-27-39(28-24-35)47(32-34(2)49)37-19-14-12-15-20-37/h12-17,19-30H,3-11,18,31-33H2,1-2H3,(H-,46,50,51,52)/p+1. The van der Waals surface area contributed by atoms with Crippen LogP contribution in [0.2, 0.25) is 0 Å². The number of nitrogens with one attached hydrogen (secondary N) is 1. The van der Waals surface area contributed by atoms with Crippen LogP contribution in [0.15, 0.2) is 126 Å². The maximum Gasteiger partial charge on any atom is 0.239 e. The summed E-state index contributed by atoms with van der Waals surface area (Å²) in [6, 6.07) is 26.8. The first-order chi connectivity index (χ1) is 25.4. The average Bonchev–Trinajstić information content (AvgIpc) is 3.16. The van der Waals surface area contributed by atoms with E-state index in [1.165, 1.54) is 51.4 Å². The summed E-state index contributed by atoms with van der Waals surface area (Å²) in [5.74, 6) is -0.285. The van der Waals surface area contributed by atoms with Gasteiger partial charge in [0.25, 0.3) is 0 Å². The number of aliphatic hydroxyl groups excluding tert-OH is 1. The normalized spacial score (nSPS) is 13.7. The fourth-order valence-corrected chi connectivity index (χ4v) is 6.70. The molecule has 2 aliphatic carbocycles. The highest BCUT2D eigenvalue weighted by molar-refractivity contribution is 6.39. The predicted molar refractivity (Wildman–Crippen MR) is 212 cm³/mol. The zero-order chi connectivity index (χ0) is 36.7. The lowest BCUT2D eigenvalue weighted by Gasteiger charge is -2.26. The lowest BCUT2D eigenvalue weighted by Crippen LogP contribution is -2.35. The van der Waals surface area contributed by atoms with E-state index in [-0.39, 0.29) is 47.5 Å². The van der Waals surface area contributed by atoms with Crippen molar-refractivity contribution in [2.75, 3.05) is 24.5 Å². The molecule has 0 radical (unpaired) electrons. The van der Waals surface area contributed by atoms with E-state index in [0.29, 0.717) is 17.7 Å². The molecule has 0 bridgehead atoms. The fraction of sp³-hybridized carbons (Fsp3) is 0.333. The van der Waals surface area contributed by atoms with Gasteiger partial charge in [0.2, 0.25) is 29.6 Å². The van der Waals surface area contributed by atoms with Gasteiger partial charge in [-0.05, 0) is 54.0 Å². The molecule has 5 rings (SSSR count). The van der Waals surface area contributed by atoms with E-state index in [2.05, 4.69) is 12.2 Å². The van der Waals surface area contributed by atoms with Gasteiger partial charge in [-0.2, -0.15) is 4.58 Å². The van der Waals surface area contributed by atoms with Crippen molar-refractivity contribution in [1.29, 1.82) is 0 Å². The Hall–Kier alpha value is -5.30. The monoisotopic (exact) mass is 698 g/mol. The van der Waals surface area contributed by atoms with Crippen molar-refractivity contribution in [2.45, 2.75) is 78.1 Å². The van der Waals surface area contributed by atoms with Gasteiger partial charge in [0.15, 0.2) is 5.78 Å². The van der Waals surface area contributed by atoms with Crippen molar-refractivity contribution in [1.82, 2.24) is 5.32 Å². The lowest BCUT2D eigenvalue weighted by atomic mass is 9.80. The number of anilines is 2. The summed E-state index contributed by atoms with van der Waals surface area (Å²) < 4.78 is 1.92. The third-order valence-corrected chi connectivity index (χ3v) is 9.53. The molecule has 1 amide bonds. The van der Waals surface area contributed by atoms with Gasteiger partial charge in [-0.3, -0.25) is 14.4 Å². The Kier molecular flexibility index (Phi) is 14.1. The number of carbonyl (C=O) groups is 3. The van der Waals surface area contributed by atoms with Crippen molar-refractivity contribution in [2.24, 2.45) is 0 Å². The molecule has 0 atom stereocenters. The van der Waals surface area contributed by atoms with Crippen LogP contribution in [0.3, 0.4) is 0 Å². The number of hydrogen-bond donors (Lipinski definition) is 2. The van der Waals surface area contributed by atoms with E-state index in [0.717, 1.165) is 35.6 Å². The first-order valence-electron chi connectivity index (χ1n) is 18.8. The Balaban J connectivity index is 1.22. The van der Waals surface area contributed by atoms with Crippen LogP contribution in [0.5, 0.6) is 0 Å². The second kappa shape index (κ2) is 19.3. The van der Waals surface area contributed by atoms with Crippen molar-refractivity contribution >= 4 is 45.8 Å². The number of aliphatic hydroxyl groups is 1. The van der Waals surface area contributed by atoms with Crippen molar-refractivity contribution in [3.8, 4) is 0 Å². The van der Waals surface area contributed by atoms with Crippen LogP contribution in [0.1, 0.15) is 83.6 Å². The molecular formula is C45H52N3O4+. The molecule has 0 fully saturated rings. The van der Waals surface area contributed by atoms with Crippen molar-refractivity contribution in [3.63, 3.8) is 0 Å². The summed E-state index contributed by atoms with van der Waals surface area (Å²) in [6.45, 7) is 4.85. The summed E-state index contributed by atoms with van der Waals surface area (Å²) in [5, 5.41) is 14.2. The Bertz CT molecular complexity index is 1830. The maximum atomic E-state index is 13.4. The fourth-order valence-electron chi connectivity index (χ4n) is 6.70. The minimum Gasteiger partial charge on any atom is -0.506 e. The van der Waals surface area contributed by atoms with Gasteiger partial charge in [0.1, 0.15) is 12.3 Å². The number of carbonyl (C=O) groups excluding carboxylic acids is 3. The second-order valence-electron chi connectivity index (χ2n) is 13.6. The van der Waals surface area contributed by atoms with Crippen molar-refractivity contribution < 1.29 is 24.1 Å². The molecule has 0 spiro atoms. The van der Waals surface area contributed by atoms with Crippen LogP contribution < -0.4 is 10.2 Å². The SMILES string of the molecule is CCCCCCCCCCCCNC(=O)CN(c1ccccc1)c1ccc(C2=C(O)C(=C3C=CC(=[N+](CC(C)=O)c4ccccc4)C=C3)C2=O)cc1. The number of allylic oxidation sites excluding steroid dienone is 7. The van der Waals surface area contributed by atoms with E-state index in [1.54, 1.807) is 19.1 Å². The van der Waals surface area contributed by atoms with Crippen LogP contribution in [0.4, 0.5) is 17.1 Å². The third kappa shape index (κ3) is 10.2. The van der Waals surface area contributed by atoms with E-state index in [9.17, 15) is 19.5 Å². The van der Waals surface area contributed by atoms with Crippen LogP contribution in [0, 0.1) is 0 Å². The quantitative estimate of drug-likeness (QED) is 0.0740. The highest BCUT2D eigenvalue weighted by Crippen LogP contribution is 2.39. The van der Waals surface area contributed by atoms with E-state index < -0.39 is 0 Å². The smallest absolute Gasteiger partial charge is 0.239 e. The number of para-hydroxylation sites is 2. The van der Waals surface area contributed by atoms with E-state index in [4.69, 9.17) is 0 Å². The maximum absolute atomic E-state index is 13.4. The summed E-state index contributed by atoms with van der Waals surface area (Å²) in [7, 11) is 0. The molecule has 3 aromatic carbocycles. The Labute approximate surface area is 308 Å². The summed E-state index contributed by atoms with van der Waals surface area (Å²) >= 11 is 0. The largest absolute Gasteiger partial charge is 0.506 e. The highest BCUT2D eigenvalue weighted by Gasteiger charge is 2.37. The van der Waals surface area contributed by atoms with E-state index in [1.807, 2.05) is 107 Å². The summed E-state index contributed by atoms with van der Waals surface area (Å²) in [5.41, 5.74) is 5.17. The summed E-state index contributed by atoms with van der Waals surface area (Å²) in [4.78, 5) is 40.5. The first kappa shape index (κ1) is 37.9. The number of hydrogen-bond acceptors (Lipinski definition) is 5. The van der Waals surface area contributed by atoms with Crippen molar-refractivity contribution in [3.05, 3.63) is 132 Å². The molecule has 0 aromatic heterocycles. The highest BCUT2D eigenvalue weighted by atomic mass is 16.3. The number of ketones is 2. The molecule has 2 aliphatic rings. The molecule has 0 aliphatic heterocycles. The summed E-state index contributed by atoms with van der Waals surface area (Å²) in [6.07, 6.45) is 19.8. The molecule has 7 nitrogen and oxygen atoms in total. The van der Waals surface area contributed by atoms with Gasteiger partial charge < -0.3 is 15.3 Å². The molecule has 0 unspecified atom stereocenters. The molecule has 7 heteroatoms. The van der Waals surface area contributed by atoms with E-state index >= 15 is 0 Å². The Morgan fingerprint density at radius 2 is 1.25 bits per heavy atom. The first-order valence-corrected chi connectivity index (χ1v) is 18.8. The topological polar surface area (TPSA) is 89.7 Å². The Morgan fingerprint density at radius 3 is 1.83 bits per heavy atom. The number of nitrogens with zero attached hydrogens (tertiary/aromatic N) is 2. The van der Waals surface area contributed by atoms with Gasteiger partial charge in [0.05, 0.1) is 11.1 Å². The number of benzene rings is 3. The van der Waals surface area contributed by atoms with Gasteiger partial charge >= 0.3 is 0 Å². The van der Waals surface area contributed by atoms with Crippen LogP contribution in [0.25, 0.3) is 5.57 Å². The molecule has 270 valence electrons. The van der Waals surface area contributed by atoms with Crippen LogP contribution in [-0.4, -0.2) is 52.5 Å². The molecule has 0 saturated carbocycles. The predicted octanol–water partition coefficient (Wildman–Crippen LogP) is 9.51. The van der Waals surface area contributed by atoms with Gasteiger partial charge in [0, 0.05) is 49.1 Å². The van der Waals surface area contributed by atoms with Gasteiger partial charge in [-0.25, -0.2) is 0 Å². The number of unbranched alkanes of at least 4 members (excludes halogenated alkanes) is 9. The minimum absolute atomic E-state index is 0.0301. The molecule has 0 saturated heterocycles. The lowest BCUT2D eigenvalue weighted by molar-refractivity contribution is -0.426. The zero-order valence-electron chi connectivity index (χ0n) is 30.7. The van der Waals surface area contributed by atoms with Gasteiger partial charge in [-0.15, -0.1) is 0 Å². The molecule has 3 aromatic rings. The minimum atomic E-state index is -0.229. The third-order valence-electron chi connectivity index (χ3n) is 9.53. The number of rotatable bonds is 19. The molecular weight excluding hydrogens is 647 g/mol. The second-order valence-corrected chi connectivity index (χ2v) is 13.6. The molecule has 2 N–H and O–H groups in total. The Morgan fingerprint density at radius 1 is 0.692 bits per heavy atom. The molecule has 0 heterocycles. The number of Topliss-reactive ketones (excluding diaryl/α,β-unsaturated/α-hetero) is 2.